The van der Waals surface area contributed by atoms with Crippen molar-refractivity contribution >= 4 is 28.5 Å². The van der Waals surface area contributed by atoms with Crippen LogP contribution in [0.1, 0.15) is 17.7 Å². The number of cyclic esters (lactones) is 1. The molecular formula is C18H19FN4O4S. The lowest BCUT2D eigenvalue weighted by Crippen LogP contribution is -2.26. The number of aliphatic hydroxyl groups excluding tert-OH is 1. The standard InChI is InChI=1S/C18H19FN4O4S/c19-17-7-14(1-2-16(17)12-3-5-28(26)6-4-12)23-10-15(27-18(23)25)9-22-8-13(11-24)20-21-22/h1-3,7-8,15,24H,4-6,9-11H2/t15-,28?/m0/s1. The fourth-order valence-electron chi connectivity index (χ4n) is 3.32. The van der Waals surface area contributed by atoms with Crippen LogP contribution in [0.5, 0.6) is 0 Å². The monoisotopic (exact) mass is 406 g/mol. The first-order valence-corrected chi connectivity index (χ1v) is 10.3. The molecule has 2 aromatic rings. The number of carbonyl (C=O) groups is 1. The average molecular weight is 406 g/mol. The van der Waals surface area contributed by atoms with E-state index in [1.807, 2.05) is 6.08 Å². The molecule has 4 rings (SSSR count). The Bertz CT molecular complexity index is 919. The summed E-state index contributed by atoms with van der Waals surface area (Å²) in [5.41, 5.74) is 2.17. The summed E-state index contributed by atoms with van der Waals surface area (Å²) < 4.78 is 33.0. The van der Waals surface area contributed by atoms with E-state index in [0.29, 0.717) is 41.4 Å². The molecule has 148 valence electrons. The molecule has 1 aromatic carbocycles. The van der Waals surface area contributed by atoms with Crippen molar-refractivity contribution in [3.8, 4) is 0 Å². The molecule has 2 aliphatic rings. The van der Waals surface area contributed by atoms with E-state index in [1.165, 1.54) is 15.6 Å². The van der Waals surface area contributed by atoms with Gasteiger partial charge in [0.2, 0.25) is 0 Å². The molecule has 3 heterocycles. The molecule has 1 amide bonds. The molecule has 8 nitrogen and oxygen atoms in total. The lowest BCUT2D eigenvalue weighted by Gasteiger charge is -2.19. The van der Waals surface area contributed by atoms with Crippen LogP contribution in [0.4, 0.5) is 14.9 Å². The van der Waals surface area contributed by atoms with Gasteiger partial charge in [0.05, 0.1) is 31.6 Å². The number of anilines is 1. The van der Waals surface area contributed by atoms with Crippen molar-refractivity contribution in [3.63, 3.8) is 0 Å². The molecule has 1 saturated heterocycles. The maximum Gasteiger partial charge on any atom is 0.414 e. The number of nitrogens with zero attached hydrogens (tertiary/aromatic N) is 4. The maximum absolute atomic E-state index is 14.7. The van der Waals surface area contributed by atoms with Crippen LogP contribution in [-0.2, 0) is 29.1 Å². The number of amides is 1. The van der Waals surface area contributed by atoms with Gasteiger partial charge in [0, 0.05) is 12.0 Å². The van der Waals surface area contributed by atoms with E-state index >= 15 is 0 Å². The van der Waals surface area contributed by atoms with Crippen molar-refractivity contribution in [1.82, 2.24) is 15.0 Å². The topological polar surface area (TPSA) is 104 Å². The van der Waals surface area contributed by atoms with E-state index in [1.54, 1.807) is 18.3 Å². The van der Waals surface area contributed by atoms with Crippen LogP contribution in [0.15, 0.2) is 30.5 Å². The highest BCUT2D eigenvalue weighted by Crippen LogP contribution is 2.30. The Morgan fingerprint density at radius 3 is 2.96 bits per heavy atom. The van der Waals surface area contributed by atoms with Gasteiger partial charge in [0.1, 0.15) is 29.1 Å². The molecule has 0 radical (unpaired) electrons. The summed E-state index contributed by atoms with van der Waals surface area (Å²) in [7, 11) is 0. The number of rotatable bonds is 5. The third-order valence-electron chi connectivity index (χ3n) is 4.74. The minimum atomic E-state index is -0.866. The van der Waals surface area contributed by atoms with Crippen molar-refractivity contribution in [2.45, 2.75) is 25.7 Å². The van der Waals surface area contributed by atoms with Crippen LogP contribution >= 0.6 is 0 Å². The van der Waals surface area contributed by atoms with Gasteiger partial charge in [-0.25, -0.2) is 13.9 Å². The Hall–Kier alpha value is -2.43. The Kier molecular flexibility index (Phi) is 5.33. The lowest BCUT2D eigenvalue weighted by atomic mass is 10.0. The Morgan fingerprint density at radius 2 is 2.29 bits per heavy atom. The molecule has 1 unspecified atom stereocenters. The summed E-state index contributed by atoms with van der Waals surface area (Å²) >= 11 is -0.866. The number of carbonyl (C=O) groups excluding carboxylic acids is 1. The van der Waals surface area contributed by atoms with Gasteiger partial charge in [0.15, 0.2) is 0 Å². The van der Waals surface area contributed by atoms with E-state index in [2.05, 4.69) is 10.3 Å². The summed E-state index contributed by atoms with van der Waals surface area (Å²) in [5, 5.41) is 16.7. The van der Waals surface area contributed by atoms with Gasteiger partial charge >= 0.3 is 6.09 Å². The van der Waals surface area contributed by atoms with Gasteiger partial charge in [-0.3, -0.25) is 4.90 Å². The minimum absolute atomic E-state index is 0.214. The lowest BCUT2D eigenvalue weighted by molar-refractivity contribution is 0.129. The summed E-state index contributed by atoms with van der Waals surface area (Å²) in [4.78, 5) is 13.6. The molecule has 10 heteroatoms. The molecule has 0 aliphatic carbocycles. The highest BCUT2D eigenvalue weighted by Gasteiger charge is 2.33. The van der Waals surface area contributed by atoms with Gasteiger partial charge in [-0.15, -0.1) is 5.10 Å². The molecule has 0 saturated carbocycles. The smallest absolute Gasteiger partial charge is 0.414 e. The first-order valence-electron chi connectivity index (χ1n) is 8.85. The Labute approximate surface area is 163 Å². The predicted octanol–water partition coefficient (Wildman–Crippen LogP) is 1.47. The summed E-state index contributed by atoms with van der Waals surface area (Å²) in [5.74, 6) is 0.557. The van der Waals surface area contributed by atoms with Gasteiger partial charge in [-0.05, 0) is 41.0 Å². The number of halogens is 1. The number of allylic oxidation sites excluding steroid dienone is 1. The predicted molar refractivity (Wildman–Crippen MR) is 100 cm³/mol. The fourth-order valence-corrected chi connectivity index (χ4v) is 4.32. The van der Waals surface area contributed by atoms with Crippen LogP contribution in [0.3, 0.4) is 0 Å². The zero-order valence-electron chi connectivity index (χ0n) is 15.0. The van der Waals surface area contributed by atoms with Crippen molar-refractivity contribution in [2.24, 2.45) is 0 Å². The third-order valence-corrected chi connectivity index (χ3v) is 5.94. The third kappa shape index (κ3) is 3.89. The van der Waals surface area contributed by atoms with Crippen LogP contribution in [-0.4, -0.2) is 54.9 Å². The van der Waals surface area contributed by atoms with Gasteiger partial charge in [-0.2, -0.15) is 0 Å². The molecule has 0 spiro atoms. The van der Waals surface area contributed by atoms with Crippen LogP contribution in [0.2, 0.25) is 0 Å². The highest BCUT2D eigenvalue weighted by atomic mass is 32.2. The number of aromatic nitrogens is 3. The number of hydrogen-bond donors (Lipinski definition) is 1. The minimum Gasteiger partial charge on any atom is -0.616 e. The quantitative estimate of drug-likeness (QED) is 0.755. The van der Waals surface area contributed by atoms with Crippen molar-refractivity contribution in [1.29, 1.82) is 0 Å². The van der Waals surface area contributed by atoms with E-state index in [9.17, 15) is 13.7 Å². The molecular weight excluding hydrogens is 387 g/mol. The molecule has 2 aliphatic heterocycles. The Balaban J connectivity index is 1.46. The van der Waals surface area contributed by atoms with E-state index < -0.39 is 29.2 Å². The number of hydrogen-bond acceptors (Lipinski definition) is 6. The van der Waals surface area contributed by atoms with E-state index in [4.69, 9.17) is 9.84 Å². The van der Waals surface area contributed by atoms with Gasteiger partial charge in [-0.1, -0.05) is 5.21 Å². The second kappa shape index (κ2) is 7.90. The molecule has 1 N–H and O–H groups in total. The van der Waals surface area contributed by atoms with Crippen LogP contribution in [0, 0.1) is 5.82 Å². The number of ether oxygens (including phenoxy) is 1. The largest absolute Gasteiger partial charge is 0.616 e. The molecule has 0 bridgehead atoms. The van der Waals surface area contributed by atoms with Crippen LogP contribution < -0.4 is 4.90 Å². The molecule has 1 fully saturated rings. The van der Waals surface area contributed by atoms with E-state index in [-0.39, 0.29) is 13.2 Å². The summed E-state index contributed by atoms with van der Waals surface area (Å²) in [6, 6.07) is 4.66. The molecule has 2 atom stereocenters. The van der Waals surface area contributed by atoms with Crippen molar-refractivity contribution in [3.05, 3.63) is 47.5 Å². The highest BCUT2D eigenvalue weighted by molar-refractivity contribution is 7.91. The Morgan fingerprint density at radius 1 is 1.43 bits per heavy atom. The second-order valence-corrected chi connectivity index (χ2v) is 8.28. The zero-order chi connectivity index (χ0) is 19.7. The normalized spacial score (nSPS) is 22.3. The number of benzene rings is 1. The average Bonchev–Trinajstić information content (AvgIpc) is 3.29. The van der Waals surface area contributed by atoms with Crippen molar-refractivity contribution in [2.75, 3.05) is 23.0 Å². The summed E-state index contributed by atoms with van der Waals surface area (Å²) in [6.45, 7) is 0.335. The molecule has 28 heavy (non-hydrogen) atoms. The van der Waals surface area contributed by atoms with Crippen LogP contribution in [0.25, 0.3) is 5.57 Å². The fraction of sp³-hybridized carbons (Fsp3) is 0.389. The number of aliphatic hydroxyl groups is 1. The maximum atomic E-state index is 14.7. The SMILES string of the molecule is O=C1O[C@@H](Cn2cc(CO)nn2)CN1c1ccc(C2=CC[S+]([O-])CC2)c(F)c1. The first-order chi connectivity index (χ1) is 13.5. The first kappa shape index (κ1) is 18.9. The summed E-state index contributed by atoms with van der Waals surface area (Å²) in [6.07, 6.45) is 2.96. The van der Waals surface area contributed by atoms with E-state index in [0.717, 1.165) is 5.57 Å². The zero-order valence-corrected chi connectivity index (χ0v) is 15.8. The van der Waals surface area contributed by atoms with Gasteiger partial charge in [0.25, 0.3) is 0 Å². The second-order valence-electron chi connectivity index (χ2n) is 6.66. The van der Waals surface area contributed by atoms with Gasteiger partial charge < -0.3 is 14.4 Å². The van der Waals surface area contributed by atoms with Crippen molar-refractivity contribution < 1.29 is 23.6 Å². The molecule has 1 aromatic heterocycles.